The summed E-state index contributed by atoms with van der Waals surface area (Å²) in [5.41, 5.74) is 7.84. The van der Waals surface area contributed by atoms with Gasteiger partial charge in [-0.1, -0.05) is 18.6 Å². The minimum absolute atomic E-state index is 0.112. The number of nitrogens with one attached hydrogen (secondary N) is 1. The maximum atomic E-state index is 12.2. The summed E-state index contributed by atoms with van der Waals surface area (Å²) in [6.45, 7) is 2.72. The lowest BCUT2D eigenvalue weighted by atomic mass is 9.96. The number of aliphatic hydroxyl groups excluding tert-OH is 1. The zero-order chi connectivity index (χ0) is 13.8. The van der Waals surface area contributed by atoms with E-state index in [-0.39, 0.29) is 12.5 Å². The van der Waals surface area contributed by atoms with Crippen molar-refractivity contribution in [3.63, 3.8) is 0 Å². The van der Waals surface area contributed by atoms with Gasteiger partial charge in [0.15, 0.2) is 0 Å². The van der Waals surface area contributed by atoms with Gasteiger partial charge in [0.05, 0.1) is 5.56 Å². The number of hydrogen-bond donors (Lipinski definition) is 3. The summed E-state index contributed by atoms with van der Waals surface area (Å²) < 4.78 is 0. The van der Waals surface area contributed by atoms with Crippen molar-refractivity contribution < 1.29 is 9.90 Å². The van der Waals surface area contributed by atoms with Crippen LogP contribution in [0, 0.1) is 18.8 Å². The lowest BCUT2D eigenvalue weighted by Gasteiger charge is -2.18. The van der Waals surface area contributed by atoms with Gasteiger partial charge in [-0.05, 0) is 43.2 Å². The Labute approximate surface area is 114 Å². The fraction of sp³-hybridized carbons (Fsp3) is 0.533. The summed E-state index contributed by atoms with van der Waals surface area (Å²) >= 11 is 0. The van der Waals surface area contributed by atoms with Gasteiger partial charge >= 0.3 is 0 Å². The number of nitrogen functional groups attached to an aromatic ring is 1. The largest absolute Gasteiger partial charge is 0.398 e. The first kappa shape index (κ1) is 13.9. The molecule has 2 rings (SSSR count). The smallest absolute Gasteiger partial charge is 0.253 e. The van der Waals surface area contributed by atoms with Crippen molar-refractivity contribution in [2.75, 3.05) is 18.9 Å². The molecule has 19 heavy (non-hydrogen) atoms. The summed E-state index contributed by atoms with van der Waals surface area (Å²) in [6, 6.07) is 5.48. The molecular weight excluding hydrogens is 240 g/mol. The maximum Gasteiger partial charge on any atom is 0.253 e. The molecule has 1 aliphatic carbocycles. The molecule has 4 N–H and O–H groups in total. The minimum atomic E-state index is -0.112. The van der Waals surface area contributed by atoms with Crippen molar-refractivity contribution in [1.82, 2.24) is 5.32 Å². The molecule has 4 nitrogen and oxygen atoms in total. The Morgan fingerprint density at radius 1 is 1.42 bits per heavy atom. The van der Waals surface area contributed by atoms with Gasteiger partial charge in [-0.25, -0.2) is 0 Å². The Bertz CT molecular complexity index is 439. The Morgan fingerprint density at radius 2 is 2.16 bits per heavy atom. The molecule has 0 spiro atoms. The first-order valence-corrected chi connectivity index (χ1v) is 6.87. The zero-order valence-corrected chi connectivity index (χ0v) is 11.4. The first-order valence-electron chi connectivity index (χ1n) is 6.87. The number of aryl methyl sites for hydroxylation is 1. The number of rotatable bonds is 4. The van der Waals surface area contributed by atoms with Crippen LogP contribution >= 0.6 is 0 Å². The van der Waals surface area contributed by atoms with Gasteiger partial charge in [0.25, 0.3) is 5.91 Å². The summed E-state index contributed by atoms with van der Waals surface area (Å²) in [4.78, 5) is 12.2. The summed E-state index contributed by atoms with van der Waals surface area (Å²) in [6.07, 6.45) is 3.27. The topological polar surface area (TPSA) is 75.4 Å². The molecule has 0 heterocycles. The second-order valence-electron chi connectivity index (χ2n) is 5.38. The van der Waals surface area contributed by atoms with Crippen LogP contribution < -0.4 is 11.1 Å². The van der Waals surface area contributed by atoms with E-state index in [2.05, 4.69) is 5.32 Å². The molecule has 1 saturated carbocycles. The Hall–Kier alpha value is -1.55. The number of benzene rings is 1. The quantitative estimate of drug-likeness (QED) is 0.723. The van der Waals surface area contributed by atoms with Gasteiger partial charge in [-0.2, -0.15) is 0 Å². The van der Waals surface area contributed by atoms with Crippen molar-refractivity contribution >= 4 is 11.6 Å². The van der Waals surface area contributed by atoms with E-state index >= 15 is 0 Å². The fourth-order valence-corrected chi connectivity index (χ4v) is 2.94. The number of nitrogens with two attached hydrogens (primary N) is 1. The minimum Gasteiger partial charge on any atom is -0.398 e. The number of anilines is 1. The van der Waals surface area contributed by atoms with E-state index < -0.39 is 0 Å². The third kappa shape index (κ3) is 3.07. The van der Waals surface area contributed by atoms with Crippen molar-refractivity contribution in [3.05, 3.63) is 29.3 Å². The van der Waals surface area contributed by atoms with Crippen LogP contribution in [0.1, 0.15) is 35.2 Å². The monoisotopic (exact) mass is 262 g/mol. The van der Waals surface area contributed by atoms with Crippen LogP contribution in [0.15, 0.2) is 18.2 Å². The highest BCUT2D eigenvalue weighted by molar-refractivity contribution is 6.00. The number of carbonyl (C=O) groups is 1. The van der Waals surface area contributed by atoms with Gasteiger partial charge in [-0.15, -0.1) is 0 Å². The van der Waals surface area contributed by atoms with E-state index in [0.29, 0.717) is 29.6 Å². The molecule has 2 unspecified atom stereocenters. The highest BCUT2D eigenvalue weighted by Crippen LogP contribution is 2.30. The van der Waals surface area contributed by atoms with Crippen LogP contribution in [0.5, 0.6) is 0 Å². The van der Waals surface area contributed by atoms with Crippen molar-refractivity contribution in [1.29, 1.82) is 0 Å². The molecule has 104 valence electrons. The standard InChI is InChI=1S/C15H22N2O2/c1-10-4-2-7-13(16)14(10)15(19)17-8-11-5-3-6-12(11)9-18/h2,4,7,11-12,18H,3,5-6,8-9,16H2,1H3,(H,17,19). The van der Waals surface area contributed by atoms with Crippen LogP contribution in [0.2, 0.25) is 0 Å². The molecule has 0 saturated heterocycles. The lowest BCUT2D eigenvalue weighted by Crippen LogP contribution is -2.32. The number of hydrogen-bond acceptors (Lipinski definition) is 3. The molecule has 0 radical (unpaired) electrons. The maximum absolute atomic E-state index is 12.2. The van der Waals surface area contributed by atoms with Gasteiger partial charge in [0.1, 0.15) is 0 Å². The van der Waals surface area contributed by atoms with Gasteiger partial charge < -0.3 is 16.2 Å². The fourth-order valence-electron chi connectivity index (χ4n) is 2.94. The normalized spacial score (nSPS) is 22.4. The van der Waals surface area contributed by atoms with E-state index in [0.717, 1.165) is 24.8 Å². The van der Waals surface area contributed by atoms with E-state index in [1.54, 1.807) is 6.07 Å². The predicted octanol–water partition coefficient (Wildman–Crippen LogP) is 1.72. The summed E-state index contributed by atoms with van der Waals surface area (Å²) in [5.74, 6) is 0.605. The second-order valence-corrected chi connectivity index (χ2v) is 5.38. The summed E-state index contributed by atoms with van der Waals surface area (Å²) in [5, 5.41) is 12.2. The first-order chi connectivity index (χ1) is 9.13. The van der Waals surface area contributed by atoms with Gasteiger partial charge in [0, 0.05) is 18.8 Å². The molecule has 4 heteroatoms. The van der Waals surface area contributed by atoms with E-state index in [4.69, 9.17) is 5.73 Å². The summed E-state index contributed by atoms with van der Waals surface area (Å²) in [7, 11) is 0. The van der Waals surface area contributed by atoms with Crippen LogP contribution in [0.3, 0.4) is 0 Å². The number of aliphatic hydroxyl groups is 1. The molecule has 0 aliphatic heterocycles. The third-order valence-corrected chi connectivity index (χ3v) is 4.11. The van der Waals surface area contributed by atoms with Crippen LogP contribution in [0.25, 0.3) is 0 Å². The highest BCUT2D eigenvalue weighted by Gasteiger charge is 2.27. The van der Waals surface area contributed by atoms with Crippen molar-refractivity contribution in [2.45, 2.75) is 26.2 Å². The van der Waals surface area contributed by atoms with E-state index in [9.17, 15) is 9.90 Å². The lowest BCUT2D eigenvalue weighted by molar-refractivity contribution is 0.0938. The molecule has 2 atom stereocenters. The van der Waals surface area contributed by atoms with Crippen LogP contribution in [-0.4, -0.2) is 24.2 Å². The molecule has 1 amide bonds. The van der Waals surface area contributed by atoms with Crippen molar-refractivity contribution in [2.24, 2.45) is 11.8 Å². The van der Waals surface area contributed by atoms with Gasteiger partial charge in [0.2, 0.25) is 0 Å². The van der Waals surface area contributed by atoms with Crippen LogP contribution in [-0.2, 0) is 0 Å². The average molecular weight is 262 g/mol. The van der Waals surface area contributed by atoms with E-state index in [1.165, 1.54) is 0 Å². The highest BCUT2D eigenvalue weighted by atomic mass is 16.3. The molecule has 1 fully saturated rings. The van der Waals surface area contributed by atoms with Crippen molar-refractivity contribution in [3.8, 4) is 0 Å². The predicted molar refractivity (Wildman–Crippen MR) is 75.8 cm³/mol. The van der Waals surface area contributed by atoms with Gasteiger partial charge in [-0.3, -0.25) is 4.79 Å². The Kier molecular flexibility index (Phi) is 4.43. The Morgan fingerprint density at radius 3 is 2.84 bits per heavy atom. The SMILES string of the molecule is Cc1cccc(N)c1C(=O)NCC1CCCC1CO. The molecular formula is C15H22N2O2. The molecule has 1 aromatic rings. The molecule has 1 aromatic carbocycles. The number of carbonyl (C=O) groups excluding carboxylic acids is 1. The number of amides is 1. The van der Waals surface area contributed by atoms with Crippen LogP contribution in [0.4, 0.5) is 5.69 Å². The second kappa shape index (κ2) is 6.06. The zero-order valence-electron chi connectivity index (χ0n) is 11.4. The molecule has 0 aromatic heterocycles. The average Bonchev–Trinajstić information content (AvgIpc) is 2.83. The molecule has 0 bridgehead atoms. The molecule has 1 aliphatic rings. The Balaban J connectivity index is 1.98. The third-order valence-electron chi connectivity index (χ3n) is 4.11. The van der Waals surface area contributed by atoms with E-state index in [1.807, 2.05) is 19.1 Å².